The normalized spacial score (nSPS) is 10.9. The van der Waals surface area contributed by atoms with Gasteiger partial charge in [0.1, 0.15) is 10.3 Å². The molecular weight excluding hydrogens is 375 g/mol. The SMILES string of the molecule is Cc1cccc(-c2c(Cl)nc(-c3ccc(Br)o3)nc2Cl)c1. The van der Waals surface area contributed by atoms with Crippen LogP contribution in [0.4, 0.5) is 0 Å². The Morgan fingerprint density at radius 1 is 1.05 bits per heavy atom. The van der Waals surface area contributed by atoms with E-state index in [2.05, 4.69) is 25.9 Å². The summed E-state index contributed by atoms with van der Waals surface area (Å²) in [5.74, 6) is 0.855. The topological polar surface area (TPSA) is 38.9 Å². The van der Waals surface area contributed by atoms with Crippen LogP contribution in [-0.2, 0) is 0 Å². The Morgan fingerprint density at radius 2 is 1.76 bits per heavy atom. The Kier molecular flexibility index (Phi) is 4.02. The first-order chi connectivity index (χ1) is 10.0. The molecule has 0 aliphatic carbocycles. The lowest BCUT2D eigenvalue weighted by Crippen LogP contribution is -1.94. The molecule has 0 aliphatic heterocycles. The molecular formula is C15H9BrCl2N2O. The molecule has 0 N–H and O–H groups in total. The molecule has 0 spiro atoms. The van der Waals surface area contributed by atoms with Crippen LogP contribution in [0.1, 0.15) is 5.56 Å². The molecule has 0 aliphatic rings. The predicted octanol–water partition coefficient (Wildman–Crippen LogP) is 5.78. The van der Waals surface area contributed by atoms with E-state index in [4.69, 9.17) is 27.6 Å². The van der Waals surface area contributed by atoms with Gasteiger partial charge in [-0.15, -0.1) is 0 Å². The molecule has 6 heteroatoms. The molecule has 1 aromatic carbocycles. The largest absolute Gasteiger partial charge is 0.446 e. The van der Waals surface area contributed by atoms with Gasteiger partial charge in [0.15, 0.2) is 16.3 Å². The lowest BCUT2D eigenvalue weighted by atomic mass is 10.1. The summed E-state index contributed by atoms with van der Waals surface area (Å²) in [6.07, 6.45) is 0. The number of aryl methyl sites for hydroxylation is 1. The van der Waals surface area contributed by atoms with E-state index < -0.39 is 0 Å². The lowest BCUT2D eigenvalue weighted by Gasteiger charge is -2.08. The summed E-state index contributed by atoms with van der Waals surface area (Å²) in [7, 11) is 0. The zero-order valence-electron chi connectivity index (χ0n) is 10.9. The fourth-order valence-electron chi connectivity index (χ4n) is 1.99. The van der Waals surface area contributed by atoms with Gasteiger partial charge in [-0.25, -0.2) is 9.97 Å². The first-order valence-corrected chi connectivity index (χ1v) is 7.65. The van der Waals surface area contributed by atoms with Crippen LogP contribution in [0.25, 0.3) is 22.7 Å². The number of aromatic nitrogens is 2. The zero-order valence-corrected chi connectivity index (χ0v) is 14.0. The standard InChI is InChI=1S/C15H9BrCl2N2O/c1-8-3-2-4-9(7-8)12-13(17)19-15(20-14(12)18)10-5-6-11(16)21-10/h2-7H,1H3. The van der Waals surface area contributed by atoms with Gasteiger partial charge in [0.2, 0.25) is 0 Å². The summed E-state index contributed by atoms with van der Waals surface area (Å²) in [5.41, 5.74) is 2.62. The molecule has 3 nitrogen and oxygen atoms in total. The smallest absolute Gasteiger partial charge is 0.198 e. The van der Waals surface area contributed by atoms with Crippen LogP contribution in [0, 0.1) is 6.92 Å². The van der Waals surface area contributed by atoms with E-state index in [9.17, 15) is 0 Å². The molecule has 2 heterocycles. The second-order valence-electron chi connectivity index (χ2n) is 4.48. The Hall–Kier alpha value is -1.36. The summed E-state index contributed by atoms with van der Waals surface area (Å²) in [5, 5.41) is 0.589. The van der Waals surface area contributed by atoms with Gasteiger partial charge >= 0.3 is 0 Å². The van der Waals surface area contributed by atoms with E-state index in [0.717, 1.165) is 11.1 Å². The van der Waals surface area contributed by atoms with Crippen LogP contribution in [0.3, 0.4) is 0 Å². The van der Waals surface area contributed by atoms with Crippen molar-refractivity contribution in [1.29, 1.82) is 0 Å². The molecule has 3 rings (SSSR count). The van der Waals surface area contributed by atoms with Crippen molar-refractivity contribution in [3.8, 4) is 22.7 Å². The van der Waals surface area contributed by atoms with E-state index in [1.165, 1.54) is 0 Å². The van der Waals surface area contributed by atoms with Crippen molar-refractivity contribution >= 4 is 39.1 Å². The molecule has 0 saturated heterocycles. The highest BCUT2D eigenvalue weighted by Crippen LogP contribution is 2.35. The van der Waals surface area contributed by atoms with Gasteiger partial charge in [-0.2, -0.15) is 0 Å². The molecule has 0 radical (unpaired) electrons. The van der Waals surface area contributed by atoms with Gasteiger partial charge in [-0.3, -0.25) is 0 Å². The molecule has 0 atom stereocenters. The summed E-state index contributed by atoms with van der Waals surface area (Å²) in [4.78, 5) is 8.56. The maximum atomic E-state index is 6.29. The maximum Gasteiger partial charge on any atom is 0.198 e. The van der Waals surface area contributed by atoms with Crippen LogP contribution in [-0.4, -0.2) is 9.97 Å². The molecule has 0 unspecified atom stereocenters. The quantitative estimate of drug-likeness (QED) is 0.526. The van der Waals surface area contributed by atoms with Crippen molar-refractivity contribution in [2.75, 3.05) is 0 Å². The van der Waals surface area contributed by atoms with E-state index in [1.54, 1.807) is 12.1 Å². The number of hydrogen-bond acceptors (Lipinski definition) is 3. The van der Waals surface area contributed by atoms with Gasteiger partial charge in [-0.05, 0) is 40.5 Å². The first kappa shape index (κ1) is 14.6. The number of benzene rings is 1. The van der Waals surface area contributed by atoms with Gasteiger partial charge in [-0.1, -0.05) is 53.0 Å². The summed E-state index contributed by atoms with van der Waals surface area (Å²) >= 11 is 15.8. The molecule has 3 aromatic rings. The lowest BCUT2D eigenvalue weighted by molar-refractivity contribution is 0.551. The van der Waals surface area contributed by atoms with Crippen LogP contribution in [0.5, 0.6) is 0 Å². The second kappa shape index (κ2) is 5.79. The number of furan rings is 1. The van der Waals surface area contributed by atoms with Gasteiger partial charge < -0.3 is 4.42 Å². The van der Waals surface area contributed by atoms with Crippen LogP contribution in [0.15, 0.2) is 45.5 Å². The van der Waals surface area contributed by atoms with Crippen molar-refractivity contribution in [3.05, 3.63) is 56.9 Å². The van der Waals surface area contributed by atoms with Crippen molar-refractivity contribution in [2.45, 2.75) is 6.92 Å². The number of nitrogens with zero attached hydrogens (tertiary/aromatic N) is 2. The van der Waals surface area contributed by atoms with E-state index in [1.807, 2.05) is 31.2 Å². The third kappa shape index (κ3) is 2.98. The number of rotatable bonds is 2. The molecule has 0 fully saturated rings. The minimum atomic E-state index is 0.295. The highest BCUT2D eigenvalue weighted by Gasteiger charge is 2.16. The average Bonchev–Trinajstić information content (AvgIpc) is 2.85. The summed E-state index contributed by atoms with van der Waals surface area (Å²) in [6, 6.07) is 11.4. The zero-order chi connectivity index (χ0) is 15.0. The molecule has 2 aromatic heterocycles. The van der Waals surface area contributed by atoms with Crippen molar-refractivity contribution in [3.63, 3.8) is 0 Å². The Balaban J connectivity index is 2.12. The minimum Gasteiger partial charge on any atom is -0.446 e. The van der Waals surface area contributed by atoms with Crippen LogP contribution >= 0.6 is 39.1 Å². The maximum absolute atomic E-state index is 6.29. The summed E-state index contributed by atoms with van der Waals surface area (Å²) < 4.78 is 6.01. The molecule has 0 amide bonds. The van der Waals surface area contributed by atoms with E-state index >= 15 is 0 Å². The van der Waals surface area contributed by atoms with Crippen LogP contribution in [0.2, 0.25) is 10.3 Å². The predicted molar refractivity (Wildman–Crippen MR) is 87.6 cm³/mol. The van der Waals surface area contributed by atoms with Gasteiger partial charge in [0.05, 0.1) is 5.56 Å². The monoisotopic (exact) mass is 382 g/mol. The van der Waals surface area contributed by atoms with E-state index in [-0.39, 0.29) is 0 Å². The first-order valence-electron chi connectivity index (χ1n) is 6.10. The molecule has 106 valence electrons. The summed E-state index contributed by atoms with van der Waals surface area (Å²) in [6.45, 7) is 2.00. The fourth-order valence-corrected chi connectivity index (χ4v) is 2.90. The highest BCUT2D eigenvalue weighted by atomic mass is 79.9. The molecule has 0 saturated carbocycles. The van der Waals surface area contributed by atoms with Crippen molar-refractivity contribution in [1.82, 2.24) is 9.97 Å². The molecule has 21 heavy (non-hydrogen) atoms. The Morgan fingerprint density at radius 3 is 2.33 bits per heavy atom. The Labute approximate surface area is 140 Å². The minimum absolute atomic E-state index is 0.295. The second-order valence-corrected chi connectivity index (χ2v) is 5.97. The van der Waals surface area contributed by atoms with Gasteiger partial charge in [0.25, 0.3) is 0 Å². The third-order valence-corrected chi connectivity index (χ3v) is 3.89. The number of halogens is 3. The van der Waals surface area contributed by atoms with Crippen LogP contribution < -0.4 is 0 Å². The van der Waals surface area contributed by atoms with Gasteiger partial charge in [0, 0.05) is 0 Å². The van der Waals surface area contributed by atoms with Crippen molar-refractivity contribution < 1.29 is 4.42 Å². The number of hydrogen-bond donors (Lipinski definition) is 0. The average molecular weight is 384 g/mol. The molecule has 0 bridgehead atoms. The van der Waals surface area contributed by atoms with Crippen molar-refractivity contribution in [2.24, 2.45) is 0 Å². The van der Waals surface area contributed by atoms with E-state index in [0.29, 0.717) is 32.1 Å². The Bertz CT molecular complexity index is 794. The third-order valence-electron chi connectivity index (χ3n) is 2.92. The highest BCUT2D eigenvalue weighted by molar-refractivity contribution is 9.10. The fraction of sp³-hybridized carbons (Fsp3) is 0.0667.